The van der Waals surface area contributed by atoms with E-state index in [0.717, 1.165) is 33.0 Å². The van der Waals surface area contributed by atoms with Crippen LogP contribution < -0.4 is 14.4 Å². The van der Waals surface area contributed by atoms with Gasteiger partial charge in [-0.25, -0.2) is 8.42 Å². The quantitative estimate of drug-likeness (QED) is 0.181. The molecule has 1 N–H and O–H groups in total. The highest BCUT2D eigenvalue weighted by atomic mass is 32.2. The van der Waals surface area contributed by atoms with Crippen LogP contribution in [0.25, 0.3) is 0 Å². The standard InChI is InChI=1S/C37H43N3O5S/c1-6-29(4)38-37(42)35(24-30-12-8-7-9-13-30)39(25-31-14-10-11-28(3)23-31)36(41)26-40(32-17-15-27(2)16-18-32)46(43,44)34-21-19-33(45-5)20-22-34/h7-23,29,35H,6,24-26H2,1-5H3,(H,38,42)/t29-,35-/m1/s1. The van der Waals surface area contributed by atoms with Gasteiger partial charge in [0.2, 0.25) is 11.8 Å². The molecule has 0 fully saturated rings. The van der Waals surface area contributed by atoms with E-state index >= 15 is 0 Å². The Hall–Kier alpha value is -4.63. The monoisotopic (exact) mass is 641 g/mol. The maximum atomic E-state index is 14.6. The Labute approximate surface area is 273 Å². The first-order valence-electron chi connectivity index (χ1n) is 15.4. The van der Waals surface area contributed by atoms with Crippen LogP contribution in [0.2, 0.25) is 0 Å². The summed E-state index contributed by atoms with van der Waals surface area (Å²) in [7, 11) is -2.69. The van der Waals surface area contributed by atoms with Gasteiger partial charge in [-0.1, -0.05) is 84.8 Å². The van der Waals surface area contributed by atoms with Crippen molar-refractivity contribution in [2.24, 2.45) is 0 Å². The van der Waals surface area contributed by atoms with Gasteiger partial charge in [-0.05, 0) is 74.7 Å². The zero-order chi connectivity index (χ0) is 33.3. The maximum Gasteiger partial charge on any atom is 0.264 e. The van der Waals surface area contributed by atoms with E-state index in [4.69, 9.17) is 4.74 Å². The molecule has 0 saturated carbocycles. The number of ether oxygens (including phenoxy) is 1. The van der Waals surface area contributed by atoms with Gasteiger partial charge in [0.15, 0.2) is 0 Å². The summed E-state index contributed by atoms with van der Waals surface area (Å²) in [6.07, 6.45) is 0.980. The Morgan fingerprint density at radius 2 is 1.48 bits per heavy atom. The number of hydrogen-bond acceptors (Lipinski definition) is 5. The Balaban J connectivity index is 1.80. The van der Waals surface area contributed by atoms with Gasteiger partial charge in [0.05, 0.1) is 17.7 Å². The minimum absolute atomic E-state index is 0.0160. The Morgan fingerprint density at radius 1 is 0.826 bits per heavy atom. The number of aryl methyl sites for hydroxylation is 2. The van der Waals surface area contributed by atoms with Crippen molar-refractivity contribution in [2.45, 2.75) is 64.1 Å². The maximum absolute atomic E-state index is 14.6. The Morgan fingerprint density at radius 3 is 2.09 bits per heavy atom. The summed E-state index contributed by atoms with van der Waals surface area (Å²) in [5, 5.41) is 3.06. The fourth-order valence-corrected chi connectivity index (χ4v) is 6.53. The molecule has 9 heteroatoms. The molecule has 0 spiro atoms. The summed E-state index contributed by atoms with van der Waals surface area (Å²) in [5.74, 6) is -0.282. The SMILES string of the molecule is CC[C@@H](C)NC(=O)[C@@H](Cc1ccccc1)N(Cc1cccc(C)c1)C(=O)CN(c1ccc(C)cc1)S(=O)(=O)c1ccc(OC)cc1. The third kappa shape index (κ3) is 8.75. The summed E-state index contributed by atoms with van der Waals surface area (Å²) >= 11 is 0. The van der Waals surface area contributed by atoms with Gasteiger partial charge in [-0.15, -0.1) is 0 Å². The summed E-state index contributed by atoms with van der Waals surface area (Å²) in [6.45, 7) is 7.39. The first-order valence-corrected chi connectivity index (χ1v) is 16.9. The highest BCUT2D eigenvalue weighted by Gasteiger charge is 2.35. The molecule has 0 bridgehead atoms. The lowest BCUT2D eigenvalue weighted by atomic mass is 10.0. The molecule has 0 unspecified atom stereocenters. The first-order chi connectivity index (χ1) is 22.0. The van der Waals surface area contributed by atoms with Crippen molar-refractivity contribution in [3.8, 4) is 5.75 Å². The summed E-state index contributed by atoms with van der Waals surface area (Å²) in [6, 6.07) is 29.3. The molecule has 8 nitrogen and oxygen atoms in total. The summed E-state index contributed by atoms with van der Waals surface area (Å²) in [4.78, 5) is 30.1. The van der Waals surface area contributed by atoms with E-state index in [1.807, 2.05) is 82.3 Å². The van der Waals surface area contributed by atoms with E-state index in [2.05, 4.69) is 5.32 Å². The van der Waals surface area contributed by atoms with Crippen LogP contribution in [0.1, 0.15) is 42.5 Å². The second-order valence-corrected chi connectivity index (χ2v) is 13.4. The van der Waals surface area contributed by atoms with Gasteiger partial charge in [0, 0.05) is 19.0 Å². The van der Waals surface area contributed by atoms with Crippen molar-refractivity contribution >= 4 is 27.5 Å². The number of carbonyl (C=O) groups is 2. The Kier molecular flexibility index (Phi) is 11.6. The molecule has 4 aromatic carbocycles. The normalized spacial score (nSPS) is 12.5. The first kappa shape index (κ1) is 34.2. The van der Waals surface area contributed by atoms with E-state index in [9.17, 15) is 18.0 Å². The van der Waals surface area contributed by atoms with E-state index in [1.165, 1.54) is 24.1 Å². The molecule has 242 valence electrons. The minimum Gasteiger partial charge on any atom is -0.497 e. The van der Waals surface area contributed by atoms with E-state index in [1.54, 1.807) is 36.4 Å². The third-order valence-electron chi connectivity index (χ3n) is 7.96. The van der Waals surface area contributed by atoms with Crippen LogP contribution >= 0.6 is 0 Å². The fourth-order valence-electron chi connectivity index (χ4n) is 5.12. The molecule has 0 radical (unpaired) electrons. The lowest BCUT2D eigenvalue weighted by Crippen LogP contribution is -2.54. The van der Waals surface area contributed by atoms with Crippen molar-refractivity contribution in [3.63, 3.8) is 0 Å². The summed E-state index contributed by atoms with van der Waals surface area (Å²) in [5.41, 5.74) is 4.02. The van der Waals surface area contributed by atoms with E-state index in [0.29, 0.717) is 11.4 Å². The zero-order valence-electron chi connectivity index (χ0n) is 27.1. The molecule has 46 heavy (non-hydrogen) atoms. The molecule has 0 aromatic heterocycles. The number of anilines is 1. The molecule has 4 rings (SSSR count). The van der Waals surface area contributed by atoms with Crippen molar-refractivity contribution in [3.05, 3.63) is 125 Å². The van der Waals surface area contributed by atoms with Gasteiger partial charge < -0.3 is 15.0 Å². The van der Waals surface area contributed by atoms with Crippen LogP contribution in [0.15, 0.2) is 108 Å². The number of amides is 2. The minimum atomic E-state index is -4.20. The van der Waals surface area contributed by atoms with Gasteiger partial charge in [-0.3, -0.25) is 13.9 Å². The van der Waals surface area contributed by atoms with E-state index < -0.39 is 28.5 Å². The van der Waals surface area contributed by atoms with Crippen molar-refractivity contribution in [1.29, 1.82) is 0 Å². The molecule has 0 aliphatic heterocycles. The van der Waals surface area contributed by atoms with Crippen LogP contribution in [0.5, 0.6) is 5.75 Å². The predicted molar refractivity (Wildman–Crippen MR) is 182 cm³/mol. The number of sulfonamides is 1. The molecular formula is C37H43N3O5S. The number of hydrogen-bond donors (Lipinski definition) is 1. The Bertz CT molecular complexity index is 1710. The topological polar surface area (TPSA) is 96.0 Å². The molecule has 0 aliphatic carbocycles. The highest BCUT2D eigenvalue weighted by Crippen LogP contribution is 2.27. The largest absolute Gasteiger partial charge is 0.497 e. The van der Waals surface area contributed by atoms with Crippen LogP contribution in [0.4, 0.5) is 5.69 Å². The second kappa shape index (κ2) is 15.6. The van der Waals surface area contributed by atoms with Gasteiger partial charge in [0.1, 0.15) is 18.3 Å². The van der Waals surface area contributed by atoms with Gasteiger partial charge in [-0.2, -0.15) is 0 Å². The molecule has 0 saturated heterocycles. The van der Waals surface area contributed by atoms with Crippen LogP contribution in [0.3, 0.4) is 0 Å². The number of rotatable bonds is 14. The van der Waals surface area contributed by atoms with Crippen molar-refractivity contribution in [2.75, 3.05) is 18.0 Å². The van der Waals surface area contributed by atoms with Crippen molar-refractivity contribution in [1.82, 2.24) is 10.2 Å². The lowest BCUT2D eigenvalue weighted by molar-refractivity contribution is -0.140. The number of nitrogens with one attached hydrogen (secondary N) is 1. The zero-order valence-corrected chi connectivity index (χ0v) is 28.0. The molecule has 0 aliphatic rings. The van der Waals surface area contributed by atoms with Crippen LogP contribution in [0, 0.1) is 13.8 Å². The third-order valence-corrected chi connectivity index (χ3v) is 9.74. The van der Waals surface area contributed by atoms with Gasteiger partial charge >= 0.3 is 0 Å². The molecule has 2 atom stereocenters. The smallest absolute Gasteiger partial charge is 0.264 e. The van der Waals surface area contributed by atoms with Crippen molar-refractivity contribution < 1.29 is 22.7 Å². The molecule has 0 heterocycles. The van der Waals surface area contributed by atoms with E-state index in [-0.39, 0.29) is 29.8 Å². The average Bonchev–Trinajstić information content (AvgIpc) is 3.06. The number of benzene rings is 4. The number of carbonyl (C=O) groups excluding carboxylic acids is 2. The molecule has 4 aromatic rings. The van der Waals surface area contributed by atoms with Crippen LogP contribution in [-0.4, -0.2) is 50.9 Å². The summed E-state index contributed by atoms with van der Waals surface area (Å²) < 4.78 is 34.7. The second-order valence-electron chi connectivity index (χ2n) is 11.6. The molecule has 2 amide bonds. The average molecular weight is 642 g/mol. The lowest BCUT2D eigenvalue weighted by Gasteiger charge is -2.34. The fraction of sp³-hybridized carbons (Fsp3) is 0.297. The number of nitrogens with zero attached hydrogens (tertiary/aromatic N) is 2. The predicted octanol–water partition coefficient (Wildman–Crippen LogP) is 6.06. The highest BCUT2D eigenvalue weighted by molar-refractivity contribution is 7.92. The number of methoxy groups -OCH3 is 1. The van der Waals surface area contributed by atoms with Gasteiger partial charge in [0.25, 0.3) is 10.0 Å². The van der Waals surface area contributed by atoms with Crippen LogP contribution in [-0.2, 0) is 32.6 Å². The molecular weight excluding hydrogens is 598 g/mol.